The number of hydrogen-bond acceptors (Lipinski definition) is 2. The van der Waals surface area contributed by atoms with E-state index in [1.807, 2.05) is 6.92 Å². The second-order valence-electron chi connectivity index (χ2n) is 4.38. The summed E-state index contributed by atoms with van der Waals surface area (Å²) in [5, 5.41) is 3.14. The number of rotatable bonds is 2. The smallest absolute Gasteiger partial charge is 0.359 e. The normalized spacial score (nSPS) is 25.2. The highest BCUT2D eigenvalue weighted by Gasteiger charge is 2.32. The summed E-state index contributed by atoms with van der Waals surface area (Å²) >= 11 is 0. The van der Waals surface area contributed by atoms with E-state index in [0.29, 0.717) is 18.6 Å². The van der Waals surface area contributed by atoms with Gasteiger partial charge < -0.3 is 4.74 Å². The number of alkyl halides is 3. The van der Waals surface area contributed by atoms with Crippen molar-refractivity contribution >= 4 is 0 Å². The van der Waals surface area contributed by atoms with E-state index in [-0.39, 0.29) is 0 Å². The highest BCUT2D eigenvalue weighted by atomic mass is 19.4. The summed E-state index contributed by atoms with van der Waals surface area (Å²) in [6.45, 7) is 3.17. The Bertz CT molecular complexity index is 397. The van der Waals surface area contributed by atoms with Crippen LogP contribution in [0.25, 0.3) is 0 Å². The van der Waals surface area contributed by atoms with Crippen LogP contribution in [0.15, 0.2) is 24.3 Å². The standard InChI is InChI=1S/C12H14F3NO/c1-11(16-5-6-17-11)8-9-3-2-4-10(7-9)12(13,14)15/h2-4,7,16H,5-6,8H2,1H3. The van der Waals surface area contributed by atoms with Gasteiger partial charge in [-0.1, -0.05) is 18.2 Å². The van der Waals surface area contributed by atoms with Crippen LogP contribution in [0.4, 0.5) is 13.2 Å². The molecule has 1 saturated heterocycles. The molecule has 1 aliphatic rings. The molecule has 1 aromatic carbocycles. The van der Waals surface area contributed by atoms with Gasteiger partial charge in [0.2, 0.25) is 0 Å². The zero-order valence-corrected chi connectivity index (χ0v) is 9.47. The average Bonchev–Trinajstić information content (AvgIpc) is 2.64. The maximum absolute atomic E-state index is 12.5. The highest BCUT2D eigenvalue weighted by molar-refractivity contribution is 5.26. The highest BCUT2D eigenvalue weighted by Crippen LogP contribution is 2.30. The van der Waals surface area contributed by atoms with E-state index in [4.69, 9.17) is 4.74 Å². The SMILES string of the molecule is CC1(Cc2cccc(C(F)(F)F)c2)NCCO1. The van der Waals surface area contributed by atoms with Crippen LogP contribution in [-0.2, 0) is 17.3 Å². The summed E-state index contributed by atoms with van der Waals surface area (Å²) < 4.78 is 43.1. The third-order valence-electron chi connectivity index (χ3n) is 2.82. The van der Waals surface area contributed by atoms with E-state index in [2.05, 4.69) is 5.32 Å². The molecule has 0 radical (unpaired) electrons. The Hall–Kier alpha value is -1.07. The molecule has 17 heavy (non-hydrogen) atoms. The van der Waals surface area contributed by atoms with Crippen molar-refractivity contribution < 1.29 is 17.9 Å². The van der Waals surface area contributed by atoms with Gasteiger partial charge in [0.05, 0.1) is 12.2 Å². The van der Waals surface area contributed by atoms with Gasteiger partial charge in [-0.05, 0) is 18.6 Å². The molecule has 0 saturated carbocycles. The van der Waals surface area contributed by atoms with Crippen molar-refractivity contribution in [3.05, 3.63) is 35.4 Å². The number of hydrogen-bond donors (Lipinski definition) is 1. The zero-order valence-electron chi connectivity index (χ0n) is 9.47. The molecule has 1 heterocycles. The summed E-state index contributed by atoms with van der Waals surface area (Å²) in [5.74, 6) is 0. The first-order chi connectivity index (χ1) is 7.89. The predicted molar refractivity (Wildman–Crippen MR) is 57.5 cm³/mol. The Kier molecular flexibility index (Phi) is 3.14. The van der Waals surface area contributed by atoms with Crippen LogP contribution in [-0.4, -0.2) is 18.9 Å². The minimum absolute atomic E-state index is 0.427. The van der Waals surface area contributed by atoms with Gasteiger partial charge in [0.25, 0.3) is 0 Å². The van der Waals surface area contributed by atoms with Crippen LogP contribution in [0.1, 0.15) is 18.1 Å². The molecule has 0 amide bonds. The summed E-state index contributed by atoms with van der Waals surface area (Å²) in [5.41, 5.74) is -0.544. The van der Waals surface area contributed by atoms with Crippen molar-refractivity contribution in [2.45, 2.75) is 25.2 Å². The molecule has 1 aliphatic heterocycles. The molecule has 2 rings (SSSR count). The summed E-state index contributed by atoms with van der Waals surface area (Å²) in [6, 6.07) is 5.36. The molecule has 2 nitrogen and oxygen atoms in total. The van der Waals surface area contributed by atoms with Crippen molar-refractivity contribution in [1.82, 2.24) is 5.32 Å². The zero-order chi connectivity index (χ0) is 12.5. The third kappa shape index (κ3) is 2.98. The molecule has 0 aliphatic carbocycles. The first-order valence-electron chi connectivity index (χ1n) is 5.44. The number of nitrogens with one attached hydrogen (secondary N) is 1. The maximum atomic E-state index is 12.5. The Morgan fingerprint density at radius 2 is 2.18 bits per heavy atom. The van der Waals surface area contributed by atoms with Gasteiger partial charge in [-0.3, -0.25) is 5.32 Å². The Balaban J connectivity index is 2.17. The van der Waals surface area contributed by atoms with Crippen LogP contribution in [0, 0.1) is 0 Å². The van der Waals surface area contributed by atoms with Crippen LogP contribution in [0.2, 0.25) is 0 Å². The minimum Gasteiger partial charge on any atom is -0.359 e. The lowest BCUT2D eigenvalue weighted by Crippen LogP contribution is -2.39. The van der Waals surface area contributed by atoms with Crippen molar-refractivity contribution in [1.29, 1.82) is 0 Å². The Morgan fingerprint density at radius 3 is 2.76 bits per heavy atom. The molecule has 0 aromatic heterocycles. The van der Waals surface area contributed by atoms with Crippen molar-refractivity contribution in [2.75, 3.05) is 13.2 Å². The maximum Gasteiger partial charge on any atom is 0.416 e. The van der Waals surface area contributed by atoms with E-state index < -0.39 is 17.5 Å². The fourth-order valence-electron chi connectivity index (χ4n) is 2.00. The van der Waals surface area contributed by atoms with Gasteiger partial charge in [0.15, 0.2) is 0 Å². The van der Waals surface area contributed by atoms with E-state index in [1.54, 1.807) is 6.07 Å². The van der Waals surface area contributed by atoms with Gasteiger partial charge in [0.1, 0.15) is 5.72 Å². The Labute approximate surface area is 97.8 Å². The predicted octanol–water partition coefficient (Wildman–Crippen LogP) is 2.58. The summed E-state index contributed by atoms with van der Waals surface area (Å²) in [6.07, 6.45) is -3.86. The quantitative estimate of drug-likeness (QED) is 0.864. The van der Waals surface area contributed by atoms with Crippen molar-refractivity contribution in [3.8, 4) is 0 Å². The molecular weight excluding hydrogens is 231 g/mol. The fourth-order valence-corrected chi connectivity index (χ4v) is 2.00. The number of halogens is 3. The summed E-state index contributed by atoms with van der Waals surface area (Å²) in [7, 11) is 0. The number of ether oxygens (including phenoxy) is 1. The first kappa shape index (κ1) is 12.4. The topological polar surface area (TPSA) is 21.3 Å². The molecule has 0 spiro atoms. The van der Waals surface area contributed by atoms with Gasteiger partial charge in [-0.2, -0.15) is 13.2 Å². The minimum atomic E-state index is -4.29. The Morgan fingerprint density at radius 1 is 1.41 bits per heavy atom. The van der Waals surface area contributed by atoms with Gasteiger partial charge in [0, 0.05) is 13.0 Å². The van der Waals surface area contributed by atoms with Gasteiger partial charge in [-0.15, -0.1) is 0 Å². The van der Waals surface area contributed by atoms with Crippen molar-refractivity contribution in [2.24, 2.45) is 0 Å². The second-order valence-corrected chi connectivity index (χ2v) is 4.38. The van der Waals surface area contributed by atoms with Crippen molar-refractivity contribution in [3.63, 3.8) is 0 Å². The number of benzene rings is 1. The molecule has 1 N–H and O–H groups in total. The molecule has 1 unspecified atom stereocenters. The van der Waals surface area contributed by atoms with Crippen LogP contribution in [0.3, 0.4) is 0 Å². The fraction of sp³-hybridized carbons (Fsp3) is 0.500. The first-order valence-corrected chi connectivity index (χ1v) is 5.44. The average molecular weight is 245 g/mol. The summed E-state index contributed by atoms with van der Waals surface area (Å²) in [4.78, 5) is 0. The van der Waals surface area contributed by atoms with Crippen LogP contribution < -0.4 is 5.32 Å². The molecule has 1 atom stereocenters. The van der Waals surface area contributed by atoms with Crippen LogP contribution in [0.5, 0.6) is 0 Å². The molecular formula is C12H14F3NO. The lowest BCUT2D eigenvalue weighted by Gasteiger charge is -2.24. The van der Waals surface area contributed by atoms with Gasteiger partial charge >= 0.3 is 6.18 Å². The van der Waals surface area contributed by atoms with E-state index in [9.17, 15) is 13.2 Å². The largest absolute Gasteiger partial charge is 0.416 e. The van der Waals surface area contributed by atoms with Crippen LogP contribution >= 0.6 is 0 Å². The molecule has 1 aromatic rings. The molecule has 5 heteroatoms. The molecule has 94 valence electrons. The lowest BCUT2D eigenvalue weighted by atomic mass is 10.0. The monoisotopic (exact) mass is 245 g/mol. The lowest BCUT2D eigenvalue weighted by molar-refractivity contribution is -0.137. The molecule has 0 bridgehead atoms. The van der Waals surface area contributed by atoms with E-state index in [0.717, 1.165) is 12.6 Å². The third-order valence-corrected chi connectivity index (χ3v) is 2.82. The van der Waals surface area contributed by atoms with E-state index in [1.165, 1.54) is 12.1 Å². The second kappa shape index (κ2) is 4.31. The van der Waals surface area contributed by atoms with Gasteiger partial charge in [-0.25, -0.2) is 0 Å². The molecule has 1 fully saturated rings. The van der Waals surface area contributed by atoms with E-state index >= 15 is 0 Å².